The van der Waals surface area contributed by atoms with Gasteiger partial charge < -0.3 is 20.3 Å². The maximum absolute atomic E-state index is 12.0. The average Bonchev–Trinajstić information content (AvgIpc) is 2.66. The first-order valence-corrected chi connectivity index (χ1v) is 9.35. The van der Waals surface area contributed by atoms with Crippen LogP contribution in [0, 0.1) is 6.92 Å². The molecule has 0 bridgehead atoms. The standard InChI is InChI=1S/C19H30N4O2.3ClH/c1-16-4-2-5-17(14-16)23-11-9-22(10-12-23)8-3-6-21-19(24)18-15-25-13-7-20-18;;;/h2,4-5,14,18,20H,3,6-13,15H2,1H3,(H,21,24);3*1H. The van der Waals surface area contributed by atoms with Gasteiger partial charge in [0.15, 0.2) is 0 Å². The fraction of sp³-hybridized carbons (Fsp3) is 0.632. The molecule has 2 N–H and O–H groups in total. The van der Waals surface area contributed by atoms with Crippen molar-refractivity contribution in [1.82, 2.24) is 15.5 Å². The molecule has 9 heteroatoms. The number of nitrogens with zero attached hydrogens (tertiary/aromatic N) is 2. The number of anilines is 1. The molecule has 2 aliphatic rings. The fourth-order valence-corrected chi connectivity index (χ4v) is 3.43. The molecule has 162 valence electrons. The van der Waals surface area contributed by atoms with Gasteiger partial charge in [0.2, 0.25) is 5.91 Å². The third-order valence-electron chi connectivity index (χ3n) is 4.93. The van der Waals surface area contributed by atoms with Crippen LogP contribution in [0.25, 0.3) is 0 Å². The molecule has 2 saturated heterocycles. The molecular weight excluding hydrogens is 423 g/mol. The maximum Gasteiger partial charge on any atom is 0.239 e. The van der Waals surface area contributed by atoms with E-state index in [1.54, 1.807) is 0 Å². The first kappa shape index (κ1) is 27.2. The lowest BCUT2D eigenvalue weighted by atomic mass is 10.2. The minimum absolute atomic E-state index is 0. The number of amides is 1. The van der Waals surface area contributed by atoms with Crippen LogP contribution in [0.4, 0.5) is 5.69 Å². The molecule has 1 aromatic carbocycles. The van der Waals surface area contributed by atoms with Crippen LogP contribution in [-0.2, 0) is 9.53 Å². The highest BCUT2D eigenvalue weighted by Gasteiger charge is 2.21. The van der Waals surface area contributed by atoms with E-state index >= 15 is 0 Å². The zero-order chi connectivity index (χ0) is 17.5. The van der Waals surface area contributed by atoms with E-state index in [0.717, 1.165) is 52.2 Å². The van der Waals surface area contributed by atoms with Crippen molar-refractivity contribution in [2.24, 2.45) is 0 Å². The lowest BCUT2D eigenvalue weighted by Gasteiger charge is -2.36. The molecule has 3 rings (SSSR count). The van der Waals surface area contributed by atoms with Crippen molar-refractivity contribution >= 4 is 48.8 Å². The van der Waals surface area contributed by atoms with Crippen LogP contribution in [0.15, 0.2) is 24.3 Å². The predicted octanol–water partition coefficient (Wildman–Crippen LogP) is 1.88. The Bertz CT molecular complexity index is 566. The van der Waals surface area contributed by atoms with Crippen LogP contribution in [0.1, 0.15) is 12.0 Å². The number of aryl methyl sites for hydroxylation is 1. The number of hydrogen-bond donors (Lipinski definition) is 2. The monoisotopic (exact) mass is 454 g/mol. The van der Waals surface area contributed by atoms with Crippen molar-refractivity contribution in [2.75, 3.05) is 63.9 Å². The highest BCUT2D eigenvalue weighted by atomic mass is 35.5. The molecule has 0 radical (unpaired) electrons. The van der Waals surface area contributed by atoms with Gasteiger partial charge in [0.05, 0.1) is 13.2 Å². The molecule has 2 fully saturated rings. The van der Waals surface area contributed by atoms with Gasteiger partial charge in [0, 0.05) is 45.0 Å². The molecule has 2 aliphatic heterocycles. The van der Waals surface area contributed by atoms with Crippen LogP contribution in [0.5, 0.6) is 0 Å². The SMILES string of the molecule is Cc1cccc(N2CCN(CCCNC(=O)C3COCCN3)CC2)c1.Cl.Cl.Cl. The Balaban J connectivity index is 0.00000243. The quantitative estimate of drug-likeness (QED) is 0.642. The molecule has 28 heavy (non-hydrogen) atoms. The van der Waals surface area contributed by atoms with Crippen molar-refractivity contribution in [3.05, 3.63) is 29.8 Å². The molecule has 1 amide bonds. The van der Waals surface area contributed by atoms with E-state index in [0.29, 0.717) is 13.2 Å². The molecule has 1 atom stereocenters. The summed E-state index contributed by atoms with van der Waals surface area (Å²) >= 11 is 0. The second-order valence-corrected chi connectivity index (χ2v) is 6.89. The summed E-state index contributed by atoms with van der Waals surface area (Å²) in [7, 11) is 0. The number of carbonyl (C=O) groups excluding carboxylic acids is 1. The summed E-state index contributed by atoms with van der Waals surface area (Å²) in [6.45, 7) is 10.1. The molecule has 0 spiro atoms. The fourth-order valence-electron chi connectivity index (χ4n) is 3.43. The topological polar surface area (TPSA) is 56.8 Å². The van der Waals surface area contributed by atoms with Gasteiger partial charge in [-0.1, -0.05) is 12.1 Å². The van der Waals surface area contributed by atoms with Gasteiger partial charge in [0.25, 0.3) is 0 Å². The van der Waals surface area contributed by atoms with Crippen LogP contribution in [0.2, 0.25) is 0 Å². The number of carbonyl (C=O) groups is 1. The average molecular weight is 456 g/mol. The Hall–Kier alpha value is -0.760. The summed E-state index contributed by atoms with van der Waals surface area (Å²) in [5, 5.41) is 6.19. The van der Waals surface area contributed by atoms with Gasteiger partial charge in [-0.15, -0.1) is 37.2 Å². The number of ether oxygens (including phenoxy) is 1. The highest BCUT2D eigenvalue weighted by molar-refractivity contribution is 5.86. The highest BCUT2D eigenvalue weighted by Crippen LogP contribution is 2.17. The van der Waals surface area contributed by atoms with E-state index in [1.807, 2.05) is 0 Å². The minimum Gasteiger partial charge on any atom is -0.378 e. The van der Waals surface area contributed by atoms with E-state index in [9.17, 15) is 4.79 Å². The lowest BCUT2D eigenvalue weighted by Crippen LogP contribution is -2.51. The Morgan fingerprint density at radius 3 is 2.61 bits per heavy atom. The largest absolute Gasteiger partial charge is 0.378 e. The molecule has 0 aromatic heterocycles. The third-order valence-corrected chi connectivity index (χ3v) is 4.93. The number of halogens is 3. The first-order chi connectivity index (χ1) is 12.2. The number of piperazine rings is 1. The summed E-state index contributed by atoms with van der Waals surface area (Å²) in [5.41, 5.74) is 2.64. The molecule has 0 aliphatic carbocycles. The van der Waals surface area contributed by atoms with Crippen molar-refractivity contribution in [2.45, 2.75) is 19.4 Å². The molecule has 1 aromatic rings. The Labute approximate surface area is 187 Å². The van der Waals surface area contributed by atoms with Crippen molar-refractivity contribution in [3.63, 3.8) is 0 Å². The van der Waals surface area contributed by atoms with Crippen molar-refractivity contribution < 1.29 is 9.53 Å². The number of hydrogen-bond acceptors (Lipinski definition) is 5. The smallest absolute Gasteiger partial charge is 0.239 e. The van der Waals surface area contributed by atoms with E-state index in [1.165, 1.54) is 11.3 Å². The predicted molar refractivity (Wildman–Crippen MR) is 122 cm³/mol. The van der Waals surface area contributed by atoms with Gasteiger partial charge in [-0.2, -0.15) is 0 Å². The van der Waals surface area contributed by atoms with Crippen LogP contribution < -0.4 is 15.5 Å². The number of nitrogens with one attached hydrogen (secondary N) is 2. The van der Waals surface area contributed by atoms with Gasteiger partial charge in [-0.25, -0.2) is 0 Å². The van der Waals surface area contributed by atoms with Gasteiger partial charge >= 0.3 is 0 Å². The number of rotatable bonds is 6. The summed E-state index contributed by atoms with van der Waals surface area (Å²) in [4.78, 5) is 16.9. The second-order valence-electron chi connectivity index (χ2n) is 6.89. The third kappa shape index (κ3) is 8.31. The molecule has 0 saturated carbocycles. The summed E-state index contributed by atoms with van der Waals surface area (Å²) in [6.07, 6.45) is 0.990. The van der Waals surface area contributed by atoms with E-state index < -0.39 is 0 Å². The summed E-state index contributed by atoms with van der Waals surface area (Å²) < 4.78 is 5.32. The summed E-state index contributed by atoms with van der Waals surface area (Å²) in [6, 6.07) is 8.54. The molecular formula is C19H33Cl3N4O2. The van der Waals surface area contributed by atoms with Gasteiger partial charge in [-0.3, -0.25) is 9.69 Å². The van der Waals surface area contributed by atoms with Crippen molar-refractivity contribution in [1.29, 1.82) is 0 Å². The molecule has 6 nitrogen and oxygen atoms in total. The zero-order valence-electron chi connectivity index (χ0n) is 16.4. The van der Waals surface area contributed by atoms with Gasteiger partial charge in [0.1, 0.15) is 6.04 Å². The van der Waals surface area contributed by atoms with Crippen LogP contribution >= 0.6 is 37.2 Å². The van der Waals surface area contributed by atoms with Gasteiger partial charge in [-0.05, 0) is 37.6 Å². The summed E-state index contributed by atoms with van der Waals surface area (Å²) in [5.74, 6) is 0.0592. The lowest BCUT2D eigenvalue weighted by molar-refractivity contribution is -0.125. The maximum atomic E-state index is 12.0. The van der Waals surface area contributed by atoms with Crippen LogP contribution in [-0.4, -0.2) is 75.9 Å². The number of morpholine rings is 1. The normalized spacial score (nSPS) is 19.6. The van der Waals surface area contributed by atoms with Crippen LogP contribution in [0.3, 0.4) is 0 Å². The Morgan fingerprint density at radius 1 is 1.21 bits per heavy atom. The zero-order valence-corrected chi connectivity index (χ0v) is 18.8. The second kappa shape index (κ2) is 14.3. The number of benzene rings is 1. The van der Waals surface area contributed by atoms with Crippen molar-refractivity contribution in [3.8, 4) is 0 Å². The Morgan fingerprint density at radius 2 is 1.96 bits per heavy atom. The molecule has 2 heterocycles. The van der Waals surface area contributed by atoms with E-state index in [4.69, 9.17) is 4.74 Å². The first-order valence-electron chi connectivity index (χ1n) is 9.35. The van der Waals surface area contributed by atoms with E-state index in [-0.39, 0.29) is 49.2 Å². The van der Waals surface area contributed by atoms with E-state index in [2.05, 4.69) is 51.6 Å². The minimum atomic E-state index is -0.188. The Kier molecular flexibility index (Phi) is 13.9. The molecule has 1 unspecified atom stereocenters.